The lowest BCUT2D eigenvalue weighted by atomic mass is 10.2. The summed E-state index contributed by atoms with van der Waals surface area (Å²) in [6, 6.07) is 1.42. The Bertz CT molecular complexity index is 520. The number of sulfone groups is 1. The van der Waals surface area contributed by atoms with Gasteiger partial charge in [-0.1, -0.05) is 5.16 Å². The second kappa shape index (κ2) is 4.48. The maximum atomic E-state index is 11.6. The highest BCUT2D eigenvalue weighted by molar-refractivity contribution is 7.91. The summed E-state index contributed by atoms with van der Waals surface area (Å²) in [5.41, 5.74) is 0.556. The molecule has 17 heavy (non-hydrogen) atoms. The fourth-order valence-electron chi connectivity index (χ4n) is 1.85. The van der Waals surface area contributed by atoms with Crippen molar-refractivity contribution >= 4 is 15.7 Å². The molecule has 0 saturated carbocycles. The van der Waals surface area contributed by atoms with Crippen molar-refractivity contribution < 1.29 is 17.7 Å². The van der Waals surface area contributed by atoms with Crippen LogP contribution in [0, 0.1) is 6.92 Å². The molecule has 0 radical (unpaired) electrons. The third-order valence-corrected chi connectivity index (χ3v) is 4.38. The highest BCUT2D eigenvalue weighted by atomic mass is 32.2. The quantitative estimate of drug-likeness (QED) is 0.813. The molecule has 1 saturated heterocycles. The molecular weight excluding hydrogens is 244 g/mol. The lowest BCUT2D eigenvalue weighted by Crippen LogP contribution is -2.36. The zero-order valence-corrected chi connectivity index (χ0v) is 10.3. The van der Waals surface area contributed by atoms with Gasteiger partial charge in [-0.15, -0.1) is 0 Å². The highest BCUT2D eigenvalue weighted by Gasteiger charge is 2.28. The SMILES string of the molecule is Cc1cc(CC(=O)NC2CCS(=O)(=O)C2)no1. The molecule has 1 aliphatic rings. The van der Waals surface area contributed by atoms with Crippen LogP contribution in [-0.2, 0) is 21.1 Å². The second-order valence-corrected chi connectivity index (χ2v) is 6.50. The molecule has 1 unspecified atom stereocenters. The van der Waals surface area contributed by atoms with Crippen molar-refractivity contribution in [2.75, 3.05) is 11.5 Å². The summed E-state index contributed by atoms with van der Waals surface area (Å²) in [6.45, 7) is 1.75. The predicted octanol–water partition coefficient (Wildman–Crippen LogP) is -0.171. The van der Waals surface area contributed by atoms with E-state index in [4.69, 9.17) is 4.52 Å². The van der Waals surface area contributed by atoms with Crippen LogP contribution in [0.1, 0.15) is 17.9 Å². The maximum Gasteiger partial charge on any atom is 0.226 e. The molecular formula is C10H14N2O4S. The van der Waals surface area contributed by atoms with E-state index in [9.17, 15) is 13.2 Å². The van der Waals surface area contributed by atoms with E-state index in [0.717, 1.165) is 0 Å². The van der Waals surface area contributed by atoms with E-state index in [1.54, 1.807) is 13.0 Å². The van der Waals surface area contributed by atoms with E-state index >= 15 is 0 Å². The van der Waals surface area contributed by atoms with Crippen molar-refractivity contribution in [2.24, 2.45) is 0 Å². The van der Waals surface area contributed by atoms with Crippen molar-refractivity contribution in [3.05, 3.63) is 17.5 Å². The van der Waals surface area contributed by atoms with E-state index < -0.39 is 9.84 Å². The summed E-state index contributed by atoms with van der Waals surface area (Å²) in [7, 11) is -2.96. The summed E-state index contributed by atoms with van der Waals surface area (Å²) in [5, 5.41) is 6.40. The summed E-state index contributed by atoms with van der Waals surface area (Å²) < 4.78 is 27.3. The van der Waals surface area contributed by atoms with Crippen LogP contribution >= 0.6 is 0 Å². The Labute approximate surface area is 99.3 Å². The molecule has 94 valence electrons. The molecule has 0 spiro atoms. The van der Waals surface area contributed by atoms with Crippen LogP contribution < -0.4 is 5.32 Å². The van der Waals surface area contributed by atoms with Crippen LogP contribution in [0.25, 0.3) is 0 Å². The molecule has 1 N–H and O–H groups in total. The molecule has 1 aliphatic heterocycles. The number of rotatable bonds is 3. The third-order valence-electron chi connectivity index (χ3n) is 2.62. The number of carbonyl (C=O) groups excluding carboxylic acids is 1. The Hall–Kier alpha value is -1.37. The van der Waals surface area contributed by atoms with Crippen LogP contribution in [0.2, 0.25) is 0 Å². The van der Waals surface area contributed by atoms with Gasteiger partial charge in [-0.2, -0.15) is 0 Å². The smallest absolute Gasteiger partial charge is 0.226 e. The zero-order chi connectivity index (χ0) is 12.5. The van der Waals surface area contributed by atoms with Gasteiger partial charge >= 0.3 is 0 Å². The van der Waals surface area contributed by atoms with E-state index in [0.29, 0.717) is 17.9 Å². The molecule has 6 nitrogen and oxygen atoms in total. The second-order valence-electron chi connectivity index (χ2n) is 4.27. The first-order valence-electron chi connectivity index (χ1n) is 5.36. The van der Waals surface area contributed by atoms with Crippen molar-refractivity contribution in [3.8, 4) is 0 Å². The van der Waals surface area contributed by atoms with E-state index in [1.165, 1.54) is 0 Å². The van der Waals surface area contributed by atoms with Crippen LogP contribution in [0.15, 0.2) is 10.6 Å². The number of hydrogen-bond acceptors (Lipinski definition) is 5. The van der Waals surface area contributed by atoms with Gasteiger partial charge < -0.3 is 9.84 Å². The first-order chi connectivity index (χ1) is 7.94. The summed E-state index contributed by atoms with van der Waals surface area (Å²) in [6.07, 6.45) is 0.611. The molecule has 1 atom stereocenters. The largest absolute Gasteiger partial charge is 0.361 e. The molecule has 1 fully saturated rings. The third kappa shape index (κ3) is 3.29. The van der Waals surface area contributed by atoms with Gasteiger partial charge in [0.2, 0.25) is 5.91 Å². The lowest BCUT2D eigenvalue weighted by Gasteiger charge is -2.09. The van der Waals surface area contributed by atoms with Gasteiger partial charge in [0.1, 0.15) is 5.76 Å². The van der Waals surface area contributed by atoms with Crippen molar-refractivity contribution in [1.29, 1.82) is 0 Å². The van der Waals surface area contributed by atoms with Gasteiger partial charge in [-0.05, 0) is 13.3 Å². The lowest BCUT2D eigenvalue weighted by molar-refractivity contribution is -0.121. The zero-order valence-electron chi connectivity index (χ0n) is 9.47. The van der Waals surface area contributed by atoms with Crippen LogP contribution in [0.4, 0.5) is 0 Å². The van der Waals surface area contributed by atoms with Crippen molar-refractivity contribution in [1.82, 2.24) is 10.5 Å². The van der Waals surface area contributed by atoms with Gasteiger partial charge in [-0.25, -0.2) is 8.42 Å². The Kier molecular flexibility index (Phi) is 3.19. The van der Waals surface area contributed by atoms with Gasteiger partial charge in [-0.3, -0.25) is 4.79 Å². The number of carbonyl (C=O) groups is 1. The Morgan fingerprint density at radius 3 is 2.94 bits per heavy atom. The number of aryl methyl sites for hydroxylation is 1. The molecule has 0 bridgehead atoms. The van der Waals surface area contributed by atoms with Crippen LogP contribution in [0.3, 0.4) is 0 Å². The van der Waals surface area contributed by atoms with Crippen molar-refractivity contribution in [2.45, 2.75) is 25.8 Å². The molecule has 1 aromatic heterocycles. The normalized spacial score (nSPS) is 22.5. The van der Waals surface area contributed by atoms with E-state index in [2.05, 4.69) is 10.5 Å². The standard InChI is InChI=1S/C10H14N2O4S/c1-7-4-9(12-16-7)5-10(13)11-8-2-3-17(14,15)6-8/h4,8H,2-3,5-6H2,1H3,(H,11,13). The van der Waals surface area contributed by atoms with Gasteiger partial charge in [0.15, 0.2) is 9.84 Å². The molecule has 2 heterocycles. The van der Waals surface area contributed by atoms with Crippen molar-refractivity contribution in [3.63, 3.8) is 0 Å². The number of amides is 1. The summed E-state index contributed by atoms with van der Waals surface area (Å²) in [4.78, 5) is 11.6. The minimum absolute atomic E-state index is 0.0383. The van der Waals surface area contributed by atoms with Gasteiger partial charge in [0.25, 0.3) is 0 Å². The molecule has 1 aromatic rings. The first-order valence-corrected chi connectivity index (χ1v) is 7.19. The van der Waals surface area contributed by atoms with Crippen LogP contribution in [0.5, 0.6) is 0 Å². The Morgan fingerprint density at radius 2 is 2.41 bits per heavy atom. The molecule has 1 amide bonds. The predicted molar refractivity (Wildman–Crippen MR) is 60.1 cm³/mol. The maximum absolute atomic E-state index is 11.6. The molecule has 2 rings (SSSR count). The van der Waals surface area contributed by atoms with Crippen LogP contribution in [-0.4, -0.2) is 37.0 Å². The summed E-state index contributed by atoms with van der Waals surface area (Å²) in [5.74, 6) is 0.620. The topological polar surface area (TPSA) is 89.3 Å². The Balaban J connectivity index is 1.86. The number of hydrogen-bond donors (Lipinski definition) is 1. The number of nitrogens with zero attached hydrogens (tertiary/aromatic N) is 1. The van der Waals surface area contributed by atoms with E-state index in [1.807, 2.05) is 0 Å². The van der Waals surface area contributed by atoms with Gasteiger partial charge in [0.05, 0.1) is 23.6 Å². The Morgan fingerprint density at radius 1 is 1.65 bits per heavy atom. The van der Waals surface area contributed by atoms with E-state index in [-0.39, 0.29) is 29.9 Å². The molecule has 0 aliphatic carbocycles. The monoisotopic (exact) mass is 258 g/mol. The minimum Gasteiger partial charge on any atom is -0.361 e. The fraction of sp³-hybridized carbons (Fsp3) is 0.600. The minimum atomic E-state index is -2.96. The number of nitrogens with one attached hydrogen (secondary N) is 1. The molecule has 0 aromatic carbocycles. The average Bonchev–Trinajstić information content (AvgIpc) is 2.73. The fourth-order valence-corrected chi connectivity index (χ4v) is 3.53. The first kappa shape index (κ1) is 12.1. The number of aromatic nitrogens is 1. The highest BCUT2D eigenvalue weighted by Crippen LogP contribution is 2.11. The van der Waals surface area contributed by atoms with Gasteiger partial charge in [0, 0.05) is 12.1 Å². The average molecular weight is 258 g/mol. The summed E-state index contributed by atoms with van der Waals surface area (Å²) >= 11 is 0. The molecule has 7 heteroatoms.